The van der Waals surface area contributed by atoms with Crippen molar-refractivity contribution in [2.24, 2.45) is 0 Å². The molecule has 1 aliphatic rings. The predicted octanol–water partition coefficient (Wildman–Crippen LogP) is 11.6. The molecule has 6 aromatic carbocycles. The normalized spacial score (nSPS) is 14.9. The van der Waals surface area contributed by atoms with Crippen LogP contribution in [0.3, 0.4) is 0 Å². The van der Waals surface area contributed by atoms with Crippen LogP contribution in [0.4, 0.5) is 0 Å². The van der Waals surface area contributed by atoms with E-state index >= 15 is 0 Å². The van der Waals surface area contributed by atoms with E-state index in [1.807, 2.05) is 36.4 Å². The van der Waals surface area contributed by atoms with Crippen molar-refractivity contribution < 1.29 is 4.42 Å². The molecule has 0 fully saturated rings. The molecule has 0 aliphatic heterocycles. The zero-order chi connectivity index (χ0) is 32.6. The summed E-state index contributed by atoms with van der Waals surface area (Å²) in [5.41, 5.74) is 10.0. The van der Waals surface area contributed by atoms with Crippen LogP contribution in [0.25, 0.3) is 78.0 Å². The topological polar surface area (TPSA) is 51.8 Å². The molecular weight excluding hydrogens is 587 g/mol. The van der Waals surface area contributed by atoms with Crippen LogP contribution in [0, 0.1) is 0 Å². The number of aromatic nitrogens is 3. The lowest BCUT2D eigenvalue weighted by Gasteiger charge is -2.22. The van der Waals surface area contributed by atoms with Gasteiger partial charge in [-0.1, -0.05) is 131 Å². The second-order valence-electron chi connectivity index (χ2n) is 14.4. The molecule has 4 nitrogen and oxygen atoms in total. The van der Waals surface area contributed by atoms with Crippen LogP contribution in [0.5, 0.6) is 0 Å². The summed E-state index contributed by atoms with van der Waals surface area (Å²) in [5.74, 6) is 1.92. The highest BCUT2D eigenvalue weighted by atomic mass is 16.3. The number of hydrogen-bond acceptors (Lipinski definition) is 4. The van der Waals surface area contributed by atoms with Gasteiger partial charge in [-0.25, -0.2) is 15.0 Å². The van der Waals surface area contributed by atoms with Crippen molar-refractivity contribution >= 4 is 32.7 Å². The van der Waals surface area contributed by atoms with E-state index in [1.54, 1.807) is 0 Å². The molecule has 8 aromatic rings. The van der Waals surface area contributed by atoms with Crippen molar-refractivity contribution in [3.8, 4) is 45.3 Å². The van der Waals surface area contributed by atoms with Crippen molar-refractivity contribution in [1.82, 2.24) is 15.0 Å². The van der Waals surface area contributed by atoms with E-state index in [4.69, 9.17) is 19.4 Å². The van der Waals surface area contributed by atoms with Crippen LogP contribution in [0.15, 0.2) is 132 Å². The molecule has 0 saturated carbocycles. The lowest BCUT2D eigenvalue weighted by Crippen LogP contribution is -2.17. The Hall–Kier alpha value is -5.61. The Morgan fingerprint density at radius 1 is 0.479 bits per heavy atom. The van der Waals surface area contributed by atoms with Gasteiger partial charge >= 0.3 is 0 Å². The lowest BCUT2D eigenvalue weighted by atomic mass is 9.82. The summed E-state index contributed by atoms with van der Waals surface area (Å²) in [4.78, 5) is 15.0. The van der Waals surface area contributed by atoms with Crippen molar-refractivity contribution in [2.45, 2.75) is 44.9 Å². The quantitative estimate of drug-likeness (QED) is 0.196. The number of rotatable bonds is 4. The fourth-order valence-corrected chi connectivity index (χ4v) is 8.00. The zero-order valence-electron chi connectivity index (χ0n) is 27.6. The second kappa shape index (κ2) is 10.4. The first-order valence-electron chi connectivity index (χ1n) is 16.7. The highest BCUT2D eigenvalue weighted by molar-refractivity contribution is 6.10. The molecule has 2 heterocycles. The molecule has 2 aromatic heterocycles. The first-order chi connectivity index (χ1) is 23.2. The smallest absolute Gasteiger partial charge is 0.164 e. The summed E-state index contributed by atoms with van der Waals surface area (Å²) >= 11 is 0. The van der Waals surface area contributed by atoms with E-state index in [0.29, 0.717) is 17.5 Å². The molecule has 0 N–H and O–H groups in total. The fraction of sp³-hybridized carbons (Fsp3) is 0.159. The summed E-state index contributed by atoms with van der Waals surface area (Å²) in [6.45, 7) is 9.45. The van der Waals surface area contributed by atoms with Crippen LogP contribution in [0.2, 0.25) is 0 Å². The van der Waals surface area contributed by atoms with Crippen LogP contribution in [0.1, 0.15) is 45.2 Å². The van der Waals surface area contributed by atoms with E-state index in [-0.39, 0.29) is 10.8 Å². The van der Waals surface area contributed by atoms with Gasteiger partial charge in [0, 0.05) is 33.0 Å². The molecule has 0 atom stereocenters. The summed E-state index contributed by atoms with van der Waals surface area (Å²) < 4.78 is 6.61. The summed E-state index contributed by atoms with van der Waals surface area (Å²) in [5, 5.41) is 4.45. The van der Waals surface area contributed by atoms with Gasteiger partial charge in [0.25, 0.3) is 0 Å². The van der Waals surface area contributed by atoms with Gasteiger partial charge in [0.15, 0.2) is 17.5 Å². The Labute approximate surface area is 280 Å². The Bertz CT molecular complexity index is 2540. The van der Waals surface area contributed by atoms with Gasteiger partial charge < -0.3 is 4.42 Å². The van der Waals surface area contributed by atoms with Crippen molar-refractivity contribution in [2.75, 3.05) is 0 Å². The van der Waals surface area contributed by atoms with Gasteiger partial charge in [0.1, 0.15) is 11.2 Å². The Balaban J connectivity index is 1.19. The third-order valence-corrected chi connectivity index (χ3v) is 10.1. The van der Waals surface area contributed by atoms with E-state index in [1.165, 1.54) is 22.1 Å². The first-order valence-corrected chi connectivity index (χ1v) is 16.7. The maximum atomic E-state index is 6.61. The molecule has 4 heteroatoms. The van der Waals surface area contributed by atoms with Gasteiger partial charge in [0.2, 0.25) is 0 Å². The summed E-state index contributed by atoms with van der Waals surface area (Å²) in [6.07, 6.45) is 1.14. The van der Waals surface area contributed by atoms with Crippen LogP contribution < -0.4 is 0 Å². The number of nitrogens with zero attached hydrogens (tertiary/aromatic N) is 3. The maximum absolute atomic E-state index is 6.61. The molecule has 0 spiro atoms. The van der Waals surface area contributed by atoms with E-state index in [9.17, 15) is 0 Å². The molecule has 1 aliphatic carbocycles. The third-order valence-electron chi connectivity index (χ3n) is 10.1. The number of para-hydroxylation sites is 1. The fourth-order valence-electron chi connectivity index (χ4n) is 8.00. The second-order valence-corrected chi connectivity index (χ2v) is 14.4. The molecule has 0 bridgehead atoms. The average molecular weight is 622 g/mol. The van der Waals surface area contributed by atoms with Gasteiger partial charge in [-0.2, -0.15) is 0 Å². The SMILES string of the molecule is CC1(C)CC(C)(C)c2cc(-c3cccc4c3oc3ccc(-c5nc(-c6ccccc6)nc(-c6ccc7ccccc7c6)n5)cc34)ccc21. The van der Waals surface area contributed by atoms with Crippen molar-refractivity contribution in [3.63, 3.8) is 0 Å². The molecule has 0 unspecified atom stereocenters. The zero-order valence-corrected chi connectivity index (χ0v) is 27.6. The monoisotopic (exact) mass is 621 g/mol. The Kier molecular flexibility index (Phi) is 6.23. The highest BCUT2D eigenvalue weighted by Gasteiger charge is 2.41. The molecule has 0 radical (unpaired) electrons. The minimum Gasteiger partial charge on any atom is -0.455 e. The van der Waals surface area contributed by atoms with Gasteiger partial charge in [-0.3, -0.25) is 0 Å². The average Bonchev–Trinajstić information content (AvgIpc) is 3.57. The minimum absolute atomic E-state index is 0.125. The van der Waals surface area contributed by atoms with E-state index in [2.05, 4.69) is 119 Å². The summed E-state index contributed by atoms with van der Waals surface area (Å²) in [6, 6.07) is 44.5. The standard InChI is InChI=1S/C44H35N3O/c1-43(2)26-44(3,4)37-25-30(19-21-36(37)43)33-15-10-16-34-35-24-32(20-22-38(35)48-39(33)34)42-46-40(28-12-6-5-7-13-28)45-41(47-42)31-18-17-27-11-8-9-14-29(27)23-31/h5-25H,26H2,1-4H3. The molecular formula is C44H35N3O. The molecule has 0 amide bonds. The van der Waals surface area contributed by atoms with Crippen LogP contribution >= 0.6 is 0 Å². The van der Waals surface area contributed by atoms with E-state index in [0.717, 1.165) is 56.0 Å². The van der Waals surface area contributed by atoms with E-state index < -0.39 is 0 Å². The largest absolute Gasteiger partial charge is 0.455 e. The lowest BCUT2D eigenvalue weighted by molar-refractivity contribution is 0.403. The predicted molar refractivity (Wildman–Crippen MR) is 197 cm³/mol. The number of furan rings is 1. The number of fused-ring (bicyclic) bond motifs is 5. The van der Waals surface area contributed by atoms with Crippen LogP contribution in [-0.2, 0) is 10.8 Å². The first kappa shape index (κ1) is 28.6. The molecule has 0 saturated heterocycles. The van der Waals surface area contributed by atoms with Crippen LogP contribution in [-0.4, -0.2) is 15.0 Å². The van der Waals surface area contributed by atoms with Gasteiger partial charge in [-0.05, 0) is 69.0 Å². The Morgan fingerprint density at radius 3 is 1.92 bits per heavy atom. The molecule has 48 heavy (non-hydrogen) atoms. The maximum Gasteiger partial charge on any atom is 0.164 e. The third kappa shape index (κ3) is 4.63. The Morgan fingerprint density at radius 2 is 1.12 bits per heavy atom. The van der Waals surface area contributed by atoms with Crippen molar-refractivity contribution in [1.29, 1.82) is 0 Å². The molecule has 9 rings (SSSR count). The van der Waals surface area contributed by atoms with Crippen molar-refractivity contribution in [3.05, 3.63) is 139 Å². The number of benzene rings is 6. The minimum atomic E-state index is 0.125. The van der Waals surface area contributed by atoms with Gasteiger partial charge in [0.05, 0.1) is 0 Å². The van der Waals surface area contributed by atoms with Gasteiger partial charge in [-0.15, -0.1) is 0 Å². The highest BCUT2D eigenvalue weighted by Crippen LogP contribution is 2.50. The molecule has 232 valence electrons. The summed E-state index contributed by atoms with van der Waals surface area (Å²) in [7, 11) is 0. The number of hydrogen-bond donors (Lipinski definition) is 0.